The summed E-state index contributed by atoms with van der Waals surface area (Å²) in [7, 11) is 0. The lowest BCUT2D eigenvalue weighted by Crippen LogP contribution is -2.33. The van der Waals surface area contributed by atoms with Crippen LogP contribution in [-0.4, -0.2) is 16.7 Å². The molecule has 0 fully saturated rings. The van der Waals surface area contributed by atoms with Crippen molar-refractivity contribution >= 4 is 5.97 Å². The smallest absolute Gasteiger partial charge is 0.342 e. The zero-order valence-electron chi connectivity index (χ0n) is 10.7. The van der Waals surface area contributed by atoms with Crippen LogP contribution in [0.2, 0.25) is 0 Å². The van der Waals surface area contributed by atoms with E-state index in [1.807, 2.05) is 20.8 Å². The Bertz CT molecular complexity index is 373. The van der Waals surface area contributed by atoms with Crippen LogP contribution in [0.25, 0.3) is 0 Å². The van der Waals surface area contributed by atoms with Crippen LogP contribution in [0, 0.1) is 0 Å². The van der Waals surface area contributed by atoms with Gasteiger partial charge in [0.15, 0.2) is 0 Å². The van der Waals surface area contributed by atoms with Crippen LogP contribution in [0.3, 0.4) is 0 Å². The van der Waals surface area contributed by atoms with E-state index in [2.05, 4.69) is 0 Å². The van der Waals surface area contributed by atoms with Crippen molar-refractivity contribution in [1.82, 2.24) is 0 Å². The summed E-state index contributed by atoms with van der Waals surface area (Å²) in [5.41, 5.74) is -0.188. The van der Waals surface area contributed by atoms with Crippen molar-refractivity contribution in [3.8, 4) is 5.75 Å². The van der Waals surface area contributed by atoms with Gasteiger partial charge < -0.3 is 9.84 Å². The standard InChI is InChI=1S/C14H20O3/c1-4-14(5-2,6-3)17-13(16)11-9-7-8-10-12(11)15/h7-10,15H,4-6H2,1-3H3. The number of esters is 1. The zero-order chi connectivity index (χ0) is 12.9. The molecule has 0 saturated carbocycles. The Hall–Kier alpha value is -1.51. The summed E-state index contributed by atoms with van der Waals surface area (Å²) in [6, 6.07) is 6.45. The second kappa shape index (κ2) is 5.71. The first-order valence-corrected chi connectivity index (χ1v) is 6.10. The number of ether oxygens (including phenoxy) is 1. The van der Waals surface area contributed by atoms with E-state index in [0.717, 1.165) is 19.3 Å². The maximum Gasteiger partial charge on any atom is 0.342 e. The van der Waals surface area contributed by atoms with Gasteiger partial charge in [0.05, 0.1) is 0 Å². The molecular formula is C14H20O3. The van der Waals surface area contributed by atoms with Crippen molar-refractivity contribution in [3.05, 3.63) is 29.8 Å². The summed E-state index contributed by atoms with van der Waals surface area (Å²) in [4.78, 5) is 12.0. The first-order chi connectivity index (χ1) is 8.08. The van der Waals surface area contributed by atoms with Gasteiger partial charge in [0.2, 0.25) is 0 Å². The predicted octanol–water partition coefficient (Wildman–Crippen LogP) is 3.52. The van der Waals surface area contributed by atoms with Crippen molar-refractivity contribution in [2.45, 2.75) is 45.6 Å². The molecule has 0 saturated heterocycles. The van der Waals surface area contributed by atoms with Gasteiger partial charge in [-0.3, -0.25) is 0 Å². The molecule has 3 heteroatoms. The first-order valence-electron chi connectivity index (χ1n) is 6.10. The molecule has 0 unspecified atom stereocenters. The minimum atomic E-state index is -0.450. The molecule has 1 aromatic carbocycles. The number of rotatable bonds is 5. The Morgan fingerprint density at radius 2 is 1.71 bits per heavy atom. The molecule has 0 aliphatic heterocycles. The number of carbonyl (C=O) groups is 1. The van der Waals surface area contributed by atoms with Gasteiger partial charge in [0.1, 0.15) is 16.9 Å². The topological polar surface area (TPSA) is 46.5 Å². The van der Waals surface area contributed by atoms with Crippen LogP contribution in [-0.2, 0) is 4.74 Å². The molecule has 0 amide bonds. The molecule has 1 rings (SSSR count). The quantitative estimate of drug-likeness (QED) is 0.796. The van der Waals surface area contributed by atoms with E-state index < -0.39 is 11.6 Å². The summed E-state index contributed by atoms with van der Waals surface area (Å²) in [5, 5.41) is 9.60. The molecule has 17 heavy (non-hydrogen) atoms. The SMILES string of the molecule is CCC(CC)(CC)OC(=O)c1ccccc1O. The molecule has 0 aromatic heterocycles. The van der Waals surface area contributed by atoms with Gasteiger partial charge in [-0.1, -0.05) is 32.9 Å². The van der Waals surface area contributed by atoms with Crippen molar-refractivity contribution in [1.29, 1.82) is 0 Å². The monoisotopic (exact) mass is 236 g/mol. The molecule has 0 bridgehead atoms. The van der Waals surface area contributed by atoms with Gasteiger partial charge in [-0.25, -0.2) is 4.79 Å². The van der Waals surface area contributed by atoms with E-state index in [9.17, 15) is 9.90 Å². The Balaban J connectivity index is 2.89. The van der Waals surface area contributed by atoms with Crippen molar-refractivity contribution in [2.75, 3.05) is 0 Å². The molecule has 0 aliphatic carbocycles. The van der Waals surface area contributed by atoms with E-state index in [-0.39, 0.29) is 11.3 Å². The van der Waals surface area contributed by atoms with Crippen molar-refractivity contribution < 1.29 is 14.6 Å². The summed E-state index contributed by atoms with van der Waals surface area (Å²) >= 11 is 0. The first kappa shape index (κ1) is 13.6. The molecule has 0 radical (unpaired) electrons. The highest BCUT2D eigenvalue weighted by atomic mass is 16.6. The van der Waals surface area contributed by atoms with E-state index >= 15 is 0 Å². The number of para-hydroxylation sites is 1. The van der Waals surface area contributed by atoms with E-state index in [4.69, 9.17) is 4.74 Å². The normalized spacial score (nSPS) is 11.2. The maximum absolute atomic E-state index is 12.0. The fourth-order valence-electron chi connectivity index (χ4n) is 1.86. The molecule has 0 atom stereocenters. The van der Waals surface area contributed by atoms with Gasteiger partial charge in [-0.15, -0.1) is 0 Å². The third-order valence-electron chi connectivity index (χ3n) is 3.37. The van der Waals surface area contributed by atoms with E-state index in [1.54, 1.807) is 18.2 Å². The number of phenols is 1. The number of carbonyl (C=O) groups excluding carboxylic acids is 1. The summed E-state index contributed by atoms with van der Waals surface area (Å²) in [6.07, 6.45) is 2.33. The van der Waals surface area contributed by atoms with Crippen molar-refractivity contribution in [2.24, 2.45) is 0 Å². The van der Waals surface area contributed by atoms with Crippen molar-refractivity contribution in [3.63, 3.8) is 0 Å². The lowest BCUT2D eigenvalue weighted by atomic mass is 9.94. The molecular weight excluding hydrogens is 216 g/mol. The lowest BCUT2D eigenvalue weighted by Gasteiger charge is -2.30. The highest BCUT2D eigenvalue weighted by Gasteiger charge is 2.29. The van der Waals surface area contributed by atoms with Gasteiger partial charge >= 0.3 is 5.97 Å². The Kier molecular flexibility index (Phi) is 4.55. The number of benzene rings is 1. The Morgan fingerprint density at radius 1 is 1.18 bits per heavy atom. The number of phenolic OH excluding ortho intramolecular Hbond substituents is 1. The fraction of sp³-hybridized carbons (Fsp3) is 0.500. The van der Waals surface area contributed by atoms with Crippen LogP contribution in [0.1, 0.15) is 50.4 Å². The average Bonchev–Trinajstić information content (AvgIpc) is 2.36. The van der Waals surface area contributed by atoms with Gasteiger partial charge in [-0.2, -0.15) is 0 Å². The average molecular weight is 236 g/mol. The van der Waals surface area contributed by atoms with E-state index in [1.165, 1.54) is 6.07 Å². The number of aromatic hydroxyl groups is 1. The Morgan fingerprint density at radius 3 is 2.18 bits per heavy atom. The minimum absolute atomic E-state index is 0.0327. The van der Waals surface area contributed by atoms with Gasteiger partial charge in [0.25, 0.3) is 0 Å². The second-order valence-electron chi connectivity index (χ2n) is 4.15. The number of hydrogen-bond donors (Lipinski definition) is 1. The highest BCUT2D eigenvalue weighted by molar-refractivity contribution is 5.92. The maximum atomic E-state index is 12.0. The highest BCUT2D eigenvalue weighted by Crippen LogP contribution is 2.27. The van der Waals surface area contributed by atoms with Crippen LogP contribution < -0.4 is 0 Å². The largest absolute Gasteiger partial charge is 0.507 e. The van der Waals surface area contributed by atoms with Crippen LogP contribution in [0.15, 0.2) is 24.3 Å². The minimum Gasteiger partial charge on any atom is -0.507 e. The third kappa shape index (κ3) is 2.99. The Labute approximate surface area is 102 Å². The zero-order valence-corrected chi connectivity index (χ0v) is 10.7. The van der Waals surface area contributed by atoms with Crippen LogP contribution in [0.4, 0.5) is 0 Å². The van der Waals surface area contributed by atoms with Crippen LogP contribution >= 0.6 is 0 Å². The molecule has 0 aliphatic rings. The van der Waals surface area contributed by atoms with E-state index in [0.29, 0.717) is 0 Å². The summed E-state index contributed by atoms with van der Waals surface area (Å²) < 4.78 is 5.55. The molecule has 0 heterocycles. The third-order valence-corrected chi connectivity index (χ3v) is 3.37. The molecule has 1 N–H and O–H groups in total. The number of hydrogen-bond acceptors (Lipinski definition) is 3. The summed E-state index contributed by atoms with van der Waals surface area (Å²) in [6.45, 7) is 6.02. The molecule has 0 spiro atoms. The summed E-state index contributed by atoms with van der Waals surface area (Å²) in [5.74, 6) is -0.483. The van der Waals surface area contributed by atoms with Crippen LogP contribution in [0.5, 0.6) is 5.75 Å². The van der Waals surface area contributed by atoms with Gasteiger partial charge in [-0.05, 0) is 31.4 Å². The van der Waals surface area contributed by atoms with Gasteiger partial charge in [0, 0.05) is 0 Å². The molecule has 3 nitrogen and oxygen atoms in total. The molecule has 94 valence electrons. The predicted molar refractivity (Wildman–Crippen MR) is 67.1 cm³/mol. The lowest BCUT2D eigenvalue weighted by molar-refractivity contribution is -0.0251. The fourth-order valence-corrected chi connectivity index (χ4v) is 1.86. The molecule has 1 aromatic rings. The second-order valence-corrected chi connectivity index (χ2v) is 4.15.